The van der Waals surface area contributed by atoms with Crippen LogP contribution in [0, 0.1) is 10.1 Å². The zero-order valence-corrected chi connectivity index (χ0v) is 12.9. The van der Waals surface area contributed by atoms with Crippen LogP contribution in [0.1, 0.15) is 24.2 Å². The molecule has 0 atom stereocenters. The van der Waals surface area contributed by atoms with Crippen LogP contribution in [0.5, 0.6) is 0 Å². The second-order valence-electron chi connectivity index (χ2n) is 4.30. The van der Waals surface area contributed by atoms with E-state index in [1.807, 2.05) is 13.8 Å². The van der Waals surface area contributed by atoms with Gasteiger partial charge in [0.2, 0.25) is 5.13 Å². The fraction of sp³-hybridized carbons (Fsp3) is 0.250. The molecule has 0 spiro atoms. The third-order valence-electron chi connectivity index (χ3n) is 2.30. The number of anilines is 1. The quantitative estimate of drug-likeness (QED) is 0.392. The first-order chi connectivity index (χ1) is 9.95. The number of benzene rings is 1. The summed E-state index contributed by atoms with van der Waals surface area (Å²) in [5, 5.41) is 21.8. The number of thioether (sulfide) groups is 1. The van der Waals surface area contributed by atoms with Crippen molar-refractivity contribution in [3.05, 3.63) is 39.9 Å². The van der Waals surface area contributed by atoms with Crippen molar-refractivity contribution in [2.75, 3.05) is 5.32 Å². The molecule has 1 aromatic carbocycles. The number of hydrogen-bond acceptors (Lipinski definition) is 7. The molecule has 0 radical (unpaired) electrons. The van der Waals surface area contributed by atoms with Crippen molar-refractivity contribution in [1.82, 2.24) is 10.2 Å². The van der Waals surface area contributed by atoms with Gasteiger partial charge in [0.15, 0.2) is 4.34 Å². The molecule has 2 rings (SSSR count). The fourth-order valence-corrected chi connectivity index (χ4v) is 3.38. The van der Waals surface area contributed by atoms with Gasteiger partial charge in [0.25, 0.3) is 11.6 Å². The first kappa shape index (κ1) is 15.4. The van der Waals surface area contributed by atoms with Crippen LogP contribution in [0.15, 0.2) is 28.6 Å². The molecule has 0 fully saturated rings. The smallest absolute Gasteiger partial charge is 0.269 e. The van der Waals surface area contributed by atoms with Crippen LogP contribution in [-0.2, 0) is 0 Å². The Morgan fingerprint density at radius 1 is 1.33 bits per heavy atom. The topological polar surface area (TPSA) is 98.0 Å². The normalized spacial score (nSPS) is 10.6. The highest BCUT2D eigenvalue weighted by atomic mass is 32.2. The van der Waals surface area contributed by atoms with Crippen LogP contribution < -0.4 is 5.32 Å². The van der Waals surface area contributed by atoms with Crippen molar-refractivity contribution in [2.24, 2.45) is 0 Å². The Bertz CT molecular complexity index is 655. The van der Waals surface area contributed by atoms with Gasteiger partial charge in [-0.3, -0.25) is 20.2 Å². The summed E-state index contributed by atoms with van der Waals surface area (Å²) in [5.74, 6) is -0.373. The van der Waals surface area contributed by atoms with Gasteiger partial charge in [-0.2, -0.15) is 0 Å². The number of nitrogens with one attached hydrogen (secondary N) is 1. The summed E-state index contributed by atoms with van der Waals surface area (Å²) in [5.41, 5.74) is 0.270. The van der Waals surface area contributed by atoms with Crippen LogP contribution >= 0.6 is 23.1 Å². The van der Waals surface area contributed by atoms with Gasteiger partial charge in [0.05, 0.1) is 4.92 Å². The lowest BCUT2D eigenvalue weighted by Crippen LogP contribution is -2.11. The molecule has 0 saturated carbocycles. The number of carbonyl (C=O) groups is 1. The minimum atomic E-state index is -0.512. The van der Waals surface area contributed by atoms with Crippen LogP contribution in [0.4, 0.5) is 10.8 Å². The van der Waals surface area contributed by atoms with Crippen molar-refractivity contribution >= 4 is 39.8 Å². The second-order valence-corrected chi connectivity index (χ2v) is 7.10. The first-order valence-corrected chi connectivity index (χ1v) is 7.71. The van der Waals surface area contributed by atoms with E-state index in [1.54, 1.807) is 11.8 Å². The van der Waals surface area contributed by atoms with E-state index >= 15 is 0 Å². The number of rotatable bonds is 5. The van der Waals surface area contributed by atoms with E-state index in [0.29, 0.717) is 15.9 Å². The largest absolute Gasteiger partial charge is 0.296 e. The molecule has 110 valence electrons. The Balaban J connectivity index is 2.03. The molecule has 21 heavy (non-hydrogen) atoms. The van der Waals surface area contributed by atoms with Crippen molar-refractivity contribution < 1.29 is 9.72 Å². The molecule has 2 aromatic rings. The summed E-state index contributed by atoms with van der Waals surface area (Å²) in [4.78, 5) is 22.0. The molecule has 9 heteroatoms. The summed E-state index contributed by atoms with van der Waals surface area (Å²) in [7, 11) is 0. The highest BCUT2D eigenvalue weighted by Gasteiger charge is 2.13. The average molecular weight is 324 g/mol. The van der Waals surface area contributed by atoms with Crippen molar-refractivity contribution in [1.29, 1.82) is 0 Å². The molecule has 1 heterocycles. The SMILES string of the molecule is CC(C)Sc1nnc(NC(=O)c2ccc([N+](=O)[O-])cc2)s1. The molecule has 1 N–H and O–H groups in total. The highest BCUT2D eigenvalue weighted by Crippen LogP contribution is 2.28. The van der Waals surface area contributed by atoms with Crippen LogP contribution in [0.2, 0.25) is 0 Å². The number of nitrogens with zero attached hydrogens (tertiary/aromatic N) is 3. The number of aromatic nitrogens is 2. The first-order valence-electron chi connectivity index (χ1n) is 6.01. The molecule has 0 saturated heterocycles. The van der Waals surface area contributed by atoms with Crippen LogP contribution in [-0.4, -0.2) is 26.3 Å². The maximum absolute atomic E-state index is 12.0. The molecule has 1 amide bonds. The second kappa shape index (κ2) is 6.64. The lowest BCUT2D eigenvalue weighted by atomic mass is 10.2. The van der Waals surface area contributed by atoms with Gasteiger partial charge in [-0.05, 0) is 12.1 Å². The Hall–Kier alpha value is -2.00. The number of nitro groups is 1. The number of amides is 1. The summed E-state index contributed by atoms with van der Waals surface area (Å²) in [6.07, 6.45) is 0. The van der Waals surface area contributed by atoms with Gasteiger partial charge in [-0.15, -0.1) is 10.2 Å². The molecule has 0 unspecified atom stereocenters. The summed E-state index contributed by atoms with van der Waals surface area (Å²) >= 11 is 2.86. The molecule has 0 aliphatic rings. The maximum atomic E-state index is 12.0. The number of hydrogen-bond donors (Lipinski definition) is 1. The molecule has 0 aliphatic carbocycles. The Labute approximate surface area is 128 Å². The number of nitro benzene ring substituents is 1. The minimum Gasteiger partial charge on any atom is -0.296 e. The predicted octanol–water partition coefficient (Wildman–Crippen LogP) is 3.20. The third-order valence-corrected chi connectivity index (χ3v) is 4.23. The zero-order valence-electron chi connectivity index (χ0n) is 11.3. The molecule has 1 aromatic heterocycles. The van der Waals surface area contributed by atoms with Gasteiger partial charge >= 0.3 is 0 Å². The molecule has 0 aliphatic heterocycles. The van der Waals surface area contributed by atoms with Crippen LogP contribution in [0.3, 0.4) is 0 Å². The number of carbonyl (C=O) groups excluding carboxylic acids is 1. The maximum Gasteiger partial charge on any atom is 0.269 e. The molecule has 0 bridgehead atoms. The Morgan fingerprint density at radius 2 is 2.00 bits per heavy atom. The Kier molecular flexibility index (Phi) is 4.86. The lowest BCUT2D eigenvalue weighted by Gasteiger charge is -2.00. The average Bonchev–Trinajstić information content (AvgIpc) is 2.85. The molecular weight excluding hydrogens is 312 g/mol. The fourth-order valence-electron chi connectivity index (χ4n) is 1.41. The van der Waals surface area contributed by atoms with E-state index in [-0.39, 0.29) is 11.6 Å². The number of non-ortho nitro benzene ring substituents is 1. The van der Waals surface area contributed by atoms with E-state index in [9.17, 15) is 14.9 Å². The standard InChI is InChI=1S/C12H12N4O3S2/c1-7(2)20-12-15-14-11(21-12)13-10(17)8-3-5-9(6-4-8)16(18)19/h3-7H,1-2H3,(H,13,14,17). The molecular formula is C12H12N4O3S2. The Morgan fingerprint density at radius 3 is 2.57 bits per heavy atom. The predicted molar refractivity (Wildman–Crippen MR) is 82.0 cm³/mol. The summed E-state index contributed by atoms with van der Waals surface area (Å²) in [6, 6.07) is 5.38. The molecule has 7 nitrogen and oxygen atoms in total. The van der Waals surface area contributed by atoms with E-state index in [4.69, 9.17) is 0 Å². The van der Waals surface area contributed by atoms with Crippen molar-refractivity contribution in [3.63, 3.8) is 0 Å². The van der Waals surface area contributed by atoms with Gasteiger partial charge in [-0.1, -0.05) is 36.9 Å². The summed E-state index contributed by atoms with van der Waals surface area (Å²) in [6.45, 7) is 4.09. The zero-order chi connectivity index (χ0) is 15.4. The monoisotopic (exact) mass is 324 g/mol. The van der Waals surface area contributed by atoms with Gasteiger partial charge in [0.1, 0.15) is 0 Å². The van der Waals surface area contributed by atoms with Gasteiger partial charge in [0, 0.05) is 22.9 Å². The lowest BCUT2D eigenvalue weighted by molar-refractivity contribution is -0.384. The minimum absolute atomic E-state index is 0.0573. The summed E-state index contributed by atoms with van der Waals surface area (Å²) < 4.78 is 0.781. The highest BCUT2D eigenvalue weighted by molar-refractivity contribution is 8.01. The van der Waals surface area contributed by atoms with Crippen molar-refractivity contribution in [3.8, 4) is 0 Å². The van der Waals surface area contributed by atoms with Crippen LogP contribution in [0.25, 0.3) is 0 Å². The van der Waals surface area contributed by atoms with E-state index in [0.717, 1.165) is 4.34 Å². The van der Waals surface area contributed by atoms with Crippen molar-refractivity contribution in [2.45, 2.75) is 23.4 Å². The van der Waals surface area contributed by atoms with Gasteiger partial charge < -0.3 is 0 Å². The van der Waals surface area contributed by atoms with Gasteiger partial charge in [-0.25, -0.2) is 0 Å². The van der Waals surface area contributed by atoms with E-state index in [1.165, 1.54) is 35.6 Å². The van der Waals surface area contributed by atoms with E-state index in [2.05, 4.69) is 15.5 Å². The third kappa shape index (κ3) is 4.23. The van der Waals surface area contributed by atoms with E-state index < -0.39 is 4.92 Å².